The van der Waals surface area contributed by atoms with Gasteiger partial charge in [-0.25, -0.2) is 4.79 Å². The summed E-state index contributed by atoms with van der Waals surface area (Å²) in [5.74, 6) is -0.233. The lowest BCUT2D eigenvalue weighted by Gasteiger charge is -2.46. The average molecular weight is 749 g/mol. The summed E-state index contributed by atoms with van der Waals surface area (Å²) in [7, 11) is 0. The maximum Gasteiger partial charge on any atom is 0.317 e. The van der Waals surface area contributed by atoms with Crippen LogP contribution in [-0.4, -0.2) is 51.2 Å². The van der Waals surface area contributed by atoms with Crippen LogP contribution in [0.15, 0.2) is 127 Å². The van der Waals surface area contributed by atoms with E-state index >= 15 is 4.79 Å². The molecule has 3 aliphatic rings. The molecule has 5 aromatic carbocycles. The number of fused-ring (bicyclic) bond motifs is 9. The van der Waals surface area contributed by atoms with E-state index in [4.69, 9.17) is 0 Å². The van der Waals surface area contributed by atoms with Gasteiger partial charge in [-0.3, -0.25) is 4.79 Å². The van der Waals surface area contributed by atoms with Crippen LogP contribution in [0.25, 0.3) is 21.9 Å². The Labute approximate surface area is 332 Å². The first-order valence-corrected chi connectivity index (χ1v) is 20.4. The van der Waals surface area contributed by atoms with Gasteiger partial charge in [0.25, 0.3) is 0 Å². The molecular formula is C50H56N2O4. The number of benzene rings is 5. The van der Waals surface area contributed by atoms with E-state index in [1.54, 1.807) is 4.90 Å². The summed E-state index contributed by atoms with van der Waals surface area (Å²) in [6, 6.07) is 38.1. The number of nitrogens with zero attached hydrogens (tertiary/aromatic N) is 1. The fraction of sp³-hybridized carbons (Fsp3) is 0.360. The van der Waals surface area contributed by atoms with Crippen LogP contribution < -0.4 is 5.32 Å². The predicted molar refractivity (Wildman–Crippen MR) is 227 cm³/mol. The van der Waals surface area contributed by atoms with Gasteiger partial charge < -0.3 is 20.4 Å². The van der Waals surface area contributed by atoms with Gasteiger partial charge in [-0.2, -0.15) is 0 Å². The minimum absolute atomic E-state index is 0.0645. The smallest absolute Gasteiger partial charge is 0.317 e. The number of ketones is 1. The number of amides is 2. The Kier molecular flexibility index (Phi) is 11.6. The van der Waals surface area contributed by atoms with Gasteiger partial charge in [0, 0.05) is 29.1 Å². The van der Waals surface area contributed by atoms with Crippen molar-refractivity contribution in [3.63, 3.8) is 0 Å². The zero-order valence-electron chi connectivity index (χ0n) is 33.3. The highest BCUT2D eigenvalue weighted by Gasteiger charge is 2.57. The van der Waals surface area contributed by atoms with E-state index in [0.29, 0.717) is 49.8 Å². The SMILES string of the molecule is CC1=CCC[C@@]2(C)[C@@H](CC[C@@]2(O)CN(Cc2cccc3ccccc23)C(=O)NC(C)C)c2ccc(cc2C(=O)c2ccccc2-c2ccccc2)C[C@@H](O)CC1. The van der Waals surface area contributed by atoms with Crippen LogP contribution in [0.5, 0.6) is 0 Å². The van der Waals surface area contributed by atoms with Gasteiger partial charge in [0.05, 0.1) is 18.2 Å². The van der Waals surface area contributed by atoms with E-state index in [1.165, 1.54) is 5.57 Å². The molecule has 56 heavy (non-hydrogen) atoms. The average Bonchev–Trinajstić information content (AvgIpc) is 3.45. The Morgan fingerprint density at radius 1 is 0.857 bits per heavy atom. The number of urea groups is 1. The van der Waals surface area contributed by atoms with Gasteiger partial charge in [-0.15, -0.1) is 0 Å². The maximum atomic E-state index is 15.1. The first kappa shape index (κ1) is 39.2. The molecule has 0 heterocycles. The van der Waals surface area contributed by atoms with E-state index in [0.717, 1.165) is 51.4 Å². The Balaban J connectivity index is 1.33. The first-order valence-electron chi connectivity index (χ1n) is 20.4. The van der Waals surface area contributed by atoms with Crippen molar-refractivity contribution in [1.29, 1.82) is 0 Å². The molecule has 2 bridgehead atoms. The van der Waals surface area contributed by atoms with Gasteiger partial charge in [-0.1, -0.05) is 128 Å². The lowest BCUT2D eigenvalue weighted by atomic mass is 9.64. The topological polar surface area (TPSA) is 89.9 Å². The third-order valence-electron chi connectivity index (χ3n) is 12.6. The molecule has 4 atom stereocenters. The van der Waals surface area contributed by atoms with Crippen LogP contribution in [0.3, 0.4) is 0 Å². The zero-order valence-corrected chi connectivity index (χ0v) is 33.3. The van der Waals surface area contributed by atoms with Gasteiger partial charge >= 0.3 is 6.03 Å². The minimum Gasteiger partial charge on any atom is -0.393 e. The summed E-state index contributed by atoms with van der Waals surface area (Å²) in [4.78, 5) is 31.0. The molecule has 6 heteroatoms. The van der Waals surface area contributed by atoms with E-state index in [1.807, 2.05) is 92.7 Å². The molecule has 3 aliphatic carbocycles. The molecule has 2 amide bonds. The second-order valence-corrected chi connectivity index (χ2v) is 16.8. The fourth-order valence-electron chi connectivity index (χ4n) is 9.38. The van der Waals surface area contributed by atoms with Crippen LogP contribution >= 0.6 is 0 Å². The summed E-state index contributed by atoms with van der Waals surface area (Å²) < 4.78 is 0. The number of carbonyl (C=O) groups excluding carboxylic acids is 2. The third-order valence-corrected chi connectivity index (χ3v) is 12.6. The summed E-state index contributed by atoms with van der Waals surface area (Å²) in [5.41, 5.74) is 5.21. The van der Waals surface area contributed by atoms with Crippen molar-refractivity contribution in [1.82, 2.24) is 10.2 Å². The predicted octanol–water partition coefficient (Wildman–Crippen LogP) is 10.4. The molecule has 0 aromatic heterocycles. The van der Waals surface area contributed by atoms with Crippen molar-refractivity contribution >= 4 is 22.6 Å². The van der Waals surface area contributed by atoms with E-state index in [2.05, 4.69) is 61.6 Å². The largest absolute Gasteiger partial charge is 0.393 e. The minimum atomic E-state index is -1.26. The molecule has 6 nitrogen and oxygen atoms in total. The fourth-order valence-corrected chi connectivity index (χ4v) is 9.38. The van der Waals surface area contributed by atoms with Crippen molar-refractivity contribution in [2.45, 2.75) is 103 Å². The number of carbonyl (C=O) groups is 2. The number of hydrogen-bond acceptors (Lipinski definition) is 4. The highest BCUT2D eigenvalue weighted by molar-refractivity contribution is 6.14. The molecule has 5 aromatic rings. The standard InChI is InChI=1S/C50H56N2O4/c1-34(2)51-48(55)52(32-39-19-12-18-37-17-8-9-20-41(37)39)33-50(56)29-27-46-43-26-24-36(30-40(53)25-23-35(3)14-13-28-49(46,50)4)31-45(43)47(54)44-22-11-10-21-42(44)38-15-6-5-7-16-38/h5-12,14-22,24,26,31,34,40,46,53,56H,13,23,25,27-30,32-33H2,1-4H3,(H,51,55)/t40-,46-,49-,50+/m0/s1. The molecule has 8 rings (SSSR count). The summed E-state index contributed by atoms with van der Waals surface area (Å²) in [5, 5.41) is 29.7. The van der Waals surface area contributed by atoms with Crippen LogP contribution in [-0.2, 0) is 13.0 Å². The van der Waals surface area contributed by atoms with Gasteiger partial charge in [0.2, 0.25) is 0 Å². The van der Waals surface area contributed by atoms with Crippen molar-refractivity contribution in [2.24, 2.45) is 5.41 Å². The molecule has 3 N–H and O–H groups in total. The molecular weight excluding hydrogens is 693 g/mol. The van der Waals surface area contributed by atoms with Crippen LogP contribution in [0, 0.1) is 5.41 Å². The van der Waals surface area contributed by atoms with Crippen molar-refractivity contribution in [3.05, 3.63) is 155 Å². The molecule has 0 radical (unpaired) electrons. The quantitative estimate of drug-likeness (QED) is 0.109. The maximum absolute atomic E-state index is 15.1. The Hall–Kier alpha value is -5.04. The molecule has 0 aliphatic heterocycles. The summed E-state index contributed by atoms with van der Waals surface area (Å²) >= 11 is 0. The number of aliphatic hydroxyl groups excluding tert-OH is 1. The summed E-state index contributed by atoms with van der Waals surface area (Å²) in [6.45, 7) is 8.71. The Morgan fingerprint density at radius 3 is 2.39 bits per heavy atom. The molecule has 290 valence electrons. The van der Waals surface area contributed by atoms with Crippen molar-refractivity contribution < 1.29 is 19.8 Å². The molecule has 1 saturated carbocycles. The third kappa shape index (κ3) is 8.09. The Morgan fingerprint density at radius 2 is 1.59 bits per heavy atom. The normalized spacial score (nSPS) is 22.7. The number of aliphatic hydroxyl groups is 2. The number of allylic oxidation sites excluding steroid dienone is 2. The number of nitrogens with one attached hydrogen (secondary N) is 1. The van der Waals surface area contributed by atoms with Gasteiger partial charge in [0.1, 0.15) is 0 Å². The summed E-state index contributed by atoms with van der Waals surface area (Å²) in [6.07, 6.45) is 6.11. The molecule has 0 unspecified atom stereocenters. The zero-order chi connectivity index (χ0) is 39.5. The molecule has 0 saturated heterocycles. The monoisotopic (exact) mass is 748 g/mol. The van der Waals surface area contributed by atoms with Crippen LogP contribution in [0.1, 0.15) is 105 Å². The highest BCUT2D eigenvalue weighted by atomic mass is 16.3. The Bertz CT molecular complexity index is 2220. The number of hydrogen-bond donors (Lipinski definition) is 3. The highest BCUT2D eigenvalue weighted by Crippen LogP contribution is 2.59. The lowest BCUT2D eigenvalue weighted by molar-refractivity contribution is -0.0780. The number of rotatable bonds is 8. The van der Waals surface area contributed by atoms with Crippen molar-refractivity contribution in [2.75, 3.05) is 6.54 Å². The van der Waals surface area contributed by atoms with E-state index < -0.39 is 17.1 Å². The van der Waals surface area contributed by atoms with E-state index in [-0.39, 0.29) is 30.3 Å². The lowest BCUT2D eigenvalue weighted by Crippen LogP contribution is -2.55. The van der Waals surface area contributed by atoms with Gasteiger partial charge in [0.15, 0.2) is 5.78 Å². The molecule has 0 spiro atoms. The van der Waals surface area contributed by atoms with Gasteiger partial charge in [-0.05, 0) is 116 Å². The van der Waals surface area contributed by atoms with Crippen LogP contribution in [0.4, 0.5) is 4.79 Å². The second-order valence-electron chi connectivity index (χ2n) is 16.8. The first-order chi connectivity index (χ1) is 27.0. The molecule has 1 fully saturated rings. The van der Waals surface area contributed by atoms with Crippen LogP contribution in [0.2, 0.25) is 0 Å². The van der Waals surface area contributed by atoms with Crippen molar-refractivity contribution in [3.8, 4) is 11.1 Å². The van der Waals surface area contributed by atoms with E-state index in [9.17, 15) is 15.0 Å². The second kappa shape index (κ2) is 16.6.